The van der Waals surface area contributed by atoms with Crippen molar-refractivity contribution in [3.8, 4) is 0 Å². The van der Waals surface area contributed by atoms with Crippen LogP contribution in [-0.2, 0) is 24.0 Å². The van der Waals surface area contributed by atoms with E-state index in [9.17, 15) is 24.0 Å². The van der Waals surface area contributed by atoms with E-state index in [1.54, 1.807) is 83.1 Å². The maximum atomic E-state index is 12.3. The molecule has 9 heteroatoms. The van der Waals surface area contributed by atoms with Gasteiger partial charge in [-0.05, 0) is 66.3 Å². The number of amides is 5. The van der Waals surface area contributed by atoms with Crippen molar-refractivity contribution < 1.29 is 47.4 Å². The lowest BCUT2D eigenvalue weighted by molar-refractivity contribution is -0.146. The fraction of sp³-hybridized carbons (Fsp3) is 0.750. The summed E-state index contributed by atoms with van der Waals surface area (Å²) in [6.07, 6.45) is -16.9. The van der Waals surface area contributed by atoms with Crippen molar-refractivity contribution >= 4 is 29.5 Å². The first-order valence-electron chi connectivity index (χ1n) is 25.6. The molecule has 5 amide bonds. The summed E-state index contributed by atoms with van der Waals surface area (Å²) in [6.45, 7) is 36.5. The van der Waals surface area contributed by atoms with Crippen molar-refractivity contribution in [3.05, 3.63) is 36.8 Å². The number of hydrogen-bond donors (Lipinski definition) is 4. The van der Waals surface area contributed by atoms with Crippen molar-refractivity contribution in [2.75, 3.05) is 0 Å². The van der Waals surface area contributed by atoms with Gasteiger partial charge in [0, 0.05) is 42.7 Å². The molecule has 4 fully saturated rings. The Morgan fingerprint density at radius 2 is 0.849 bits per heavy atom. The number of carbonyl (C=O) groups is 5. The van der Waals surface area contributed by atoms with E-state index >= 15 is 0 Å². The van der Waals surface area contributed by atoms with Crippen LogP contribution in [0.2, 0.25) is 4.24 Å². The summed E-state index contributed by atoms with van der Waals surface area (Å²) < 4.78 is 133. The van der Waals surface area contributed by atoms with Crippen LogP contribution in [0.4, 0.5) is 0 Å². The zero-order chi connectivity index (χ0) is 56.2. The molecule has 6 atom stereocenters. The largest absolute Gasteiger partial charge is 0.330 e. The lowest BCUT2D eigenvalue weighted by Crippen LogP contribution is -2.53. The molecule has 304 valence electrons. The number of allylic oxidation sites excluding steroid dienone is 3. The van der Waals surface area contributed by atoms with E-state index in [2.05, 4.69) is 25.1 Å². The third-order valence-corrected chi connectivity index (χ3v) is 10.7. The molecule has 4 saturated heterocycles. The molecule has 0 aromatic carbocycles. The molecule has 4 aliphatic heterocycles. The molecule has 4 heterocycles. The van der Waals surface area contributed by atoms with Crippen LogP contribution in [0.5, 0.6) is 0 Å². The summed E-state index contributed by atoms with van der Waals surface area (Å²) in [6, 6.07) is 0. The van der Waals surface area contributed by atoms with Gasteiger partial charge in [0.15, 0.2) is 4.24 Å². The Hall–Kier alpha value is -3.23. The predicted octanol–water partition coefficient (Wildman–Crippen LogP) is 9.50. The highest BCUT2D eigenvalue weighted by molar-refractivity contribution is 6.00. The topological polar surface area (TPSA) is 133 Å². The number of carbonyl (C=O) groups excluding carboxylic acids is 5. The molecule has 0 saturated carbocycles. The average Bonchev–Trinajstić information content (AvgIpc) is 3.18. The van der Waals surface area contributed by atoms with E-state index in [1.807, 2.05) is 0 Å². The van der Waals surface area contributed by atoms with Gasteiger partial charge in [0.1, 0.15) is 0 Å². The normalized spacial score (nSPS) is 43.3. The van der Waals surface area contributed by atoms with Crippen LogP contribution in [0.15, 0.2) is 36.8 Å². The van der Waals surface area contributed by atoms with Crippen molar-refractivity contribution in [2.24, 2.45) is 43.3 Å². The molecular weight excluding hydrogens is 665 g/mol. The molecule has 0 spiro atoms. The molecule has 4 N–H and O–H groups in total. The average molecular weight is 760 g/mol. The molecule has 4 aliphatic rings. The van der Waals surface area contributed by atoms with Gasteiger partial charge in [0.25, 0.3) is 0 Å². The fourth-order valence-electron chi connectivity index (χ4n) is 4.25. The van der Waals surface area contributed by atoms with Gasteiger partial charge in [-0.2, -0.15) is 0 Å². The van der Waals surface area contributed by atoms with Gasteiger partial charge in [-0.15, -0.1) is 0 Å². The summed E-state index contributed by atoms with van der Waals surface area (Å²) in [5.41, 5.74) is -9.68. The Kier molecular flexibility index (Phi) is 8.81. The first-order chi connectivity index (χ1) is 29.8. The maximum absolute atomic E-state index is 12.3. The van der Waals surface area contributed by atoms with Gasteiger partial charge < -0.3 is 15.9 Å². The molecule has 0 aromatic heterocycles. The van der Waals surface area contributed by atoms with E-state index in [0.717, 1.165) is 0 Å². The second-order valence-corrected chi connectivity index (χ2v) is 18.1. The van der Waals surface area contributed by atoms with Gasteiger partial charge in [0.2, 0.25) is 29.5 Å². The standard InChI is InChI=1S/3C11H19NO.C10H17NO2.CH4/c3*1-8-6-7-11(5,9(13)12-8)10(2,3)4;1-9(2,3)10(4)6-5-7(12)11-8(10)13;/h3*1,6-7H2,2-5H3,(H,12,13);5-6H2,1-4H3,(H,11,12,13);1H4/i2*6D2,7D2;6D,7D2;5D2,6D;/hD3. The van der Waals surface area contributed by atoms with Crippen molar-refractivity contribution in [2.45, 2.75) is 169 Å². The molecule has 0 aromatic rings. The first-order valence-corrected chi connectivity index (χ1v) is 17.1. The zero-order valence-corrected chi connectivity index (χ0v) is 34.2. The lowest BCUT2D eigenvalue weighted by Gasteiger charge is -2.43. The van der Waals surface area contributed by atoms with E-state index in [1.165, 1.54) is 27.7 Å². The van der Waals surface area contributed by atoms with Gasteiger partial charge in [0.05, 0.1) is 21.7 Å². The van der Waals surface area contributed by atoms with Crippen molar-refractivity contribution in [3.63, 3.8) is 0 Å². The smallest absolute Gasteiger partial charge is 0.233 e. The van der Waals surface area contributed by atoms with E-state index < -0.39 is 130 Å². The molecule has 9 nitrogen and oxygen atoms in total. The Labute approximate surface area is 347 Å². The highest BCUT2D eigenvalue weighted by Crippen LogP contribution is 2.47. The minimum absolute atomic E-state index is 0. The lowest BCUT2D eigenvalue weighted by atomic mass is 9.63. The monoisotopic (exact) mass is 760 g/mol. The van der Waals surface area contributed by atoms with Gasteiger partial charge in [-0.1, -0.05) is 138 Å². The molecule has 4 rings (SSSR count). The molecular formula is C44H78N4O5. The highest BCUT2D eigenvalue weighted by atomic mass is 16.2. The van der Waals surface area contributed by atoms with Crippen LogP contribution in [0.25, 0.3) is 0 Å². The summed E-state index contributed by atoms with van der Waals surface area (Å²) >= 11 is 0. The number of rotatable bonds is 0. The van der Waals surface area contributed by atoms with E-state index in [4.69, 9.17) is 23.4 Å². The molecule has 0 aliphatic carbocycles. The third kappa shape index (κ3) is 11.4. The highest BCUT2D eigenvalue weighted by Gasteiger charge is 2.49. The number of hydrogen-bond acceptors (Lipinski definition) is 5. The Morgan fingerprint density at radius 1 is 0.509 bits per heavy atom. The van der Waals surface area contributed by atoms with Gasteiger partial charge in [-0.3, -0.25) is 29.3 Å². The molecule has 0 bridgehead atoms. The van der Waals surface area contributed by atoms with Crippen molar-refractivity contribution in [1.29, 1.82) is 0 Å². The van der Waals surface area contributed by atoms with Crippen LogP contribution < -0.4 is 21.2 Å². The minimum atomic E-state index is -2.52. The Balaban J connectivity index is 0.000000903. The van der Waals surface area contributed by atoms with E-state index in [-0.39, 0.29) is 24.1 Å². The third-order valence-electron chi connectivity index (χ3n) is 10.7. The summed E-state index contributed by atoms with van der Waals surface area (Å²) in [5.74, 6) is -3.99. The molecule has 0 radical (unpaired) electrons. The number of imide groups is 1. The predicted molar refractivity (Wildman–Crippen MR) is 219 cm³/mol. The molecule has 6 unspecified atom stereocenters. The van der Waals surface area contributed by atoms with Crippen LogP contribution in [-0.4, -0.2) is 29.5 Å². The van der Waals surface area contributed by atoms with Gasteiger partial charge in [-0.25, -0.2) is 0 Å². The van der Waals surface area contributed by atoms with Gasteiger partial charge >= 0.3 is 0 Å². The van der Waals surface area contributed by atoms with Crippen molar-refractivity contribution in [1.82, 2.24) is 21.2 Å². The van der Waals surface area contributed by atoms with Crippen LogP contribution >= 0.6 is 0 Å². The minimum Gasteiger partial charge on any atom is -0.330 e. The summed E-state index contributed by atoms with van der Waals surface area (Å²) in [4.78, 5) is 60.1. The maximum Gasteiger partial charge on any atom is 0.233 e. The number of nitrogens with one attached hydrogen (secondary N) is 4. The summed E-state index contributed by atoms with van der Waals surface area (Å²) in [7, 11) is 0. The van der Waals surface area contributed by atoms with Crippen LogP contribution in [0, 0.1) is 43.3 Å². The second kappa shape index (κ2) is 17.1. The molecule has 53 heavy (non-hydrogen) atoms. The van der Waals surface area contributed by atoms with Crippen LogP contribution in [0.1, 0.15) is 188 Å². The zero-order valence-electron chi connectivity index (χ0n) is 51.2. The Morgan fingerprint density at radius 3 is 1.26 bits per heavy atom. The Bertz CT molecular complexity index is 2120. The number of piperidine rings is 4. The van der Waals surface area contributed by atoms with Crippen LogP contribution in [0.3, 0.4) is 0 Å². The second-order valence-electron chi connectivity index (χ2n) is 18.1. The van der Waals surface area contributed by atoms with E-state index in [0.29, 0.717) is 10.6 Å². The SMILES string of the molecule is C.[2H]C1([2H])C(=C)NC(=O)C(C)(C(C)(C)C)C1([2H])[2H].[2H]C1C(=C)N([2H])C(=O)C(C)(C(C)(C)C)C1([2H])[2H].[2H]C1C([2H])([2H])C(=O)N([2H])C(=O)C1(C)C(C)(C)C.[2H]N1C(=C)C([2H])([2H])C([2H])([2H])C(C)(C(C)(C)C)C1=O. The first kappa shape index (κ1) is 27.4. The fourth-order valence-corrected chi connectivity index (χ4v) is 4.25. The summed E-state index contributed by atoms with van der Waals surface area (Å²) in [5, 5.41) is 3.41. The quantitative estimate of drug-likeness (QED) is 0.183.